The minimum atomic E-state index is -4.12. The van der Waals surface area contributed by atoms with E-state index in [4.69, 9.17) is 0 Å². The van der Waals surface area contributed by atoms with Crippen molar-refractivity contribution in [3.63, 3.8) is 0 Å². The summed E-state index contributed by atoms with van der Waals surface area (Å²) >= 11 is 0. The Kier molecular flexibility index (Phi) is 8.28. The number of carbonyl (C=O) groups excluding carboxylic acids is 3. The Morgan fingerprint density at radius 3 is 2.57 bits per heavy atom. The molecule has 1 heterocycles. The molecule has 1 aliphatic heterocycles. The maximum absolute atomic E-state index is 14.2. The van der Waals surface area contributed by atoms with Gasteiger partial charge in [-0.05, 0) is 25.3 Å². The highest BCUT2D eigenvalue weighted by Gasteiger charge is 2.54. The van der Waals surface area contributed by atoms with Gasteiger partial charge in [-0.15, -0.1) is 0 Å². The summed E-state index contributed by atoms with van der Waals surface area (Å²) in [5.41, 5.74) is 0.948. The van der Waals surface area contributed by atoms with E-state index in [2.05, 4.69) is 4.74 Å². The largest absolute Gasteiger partial charge is 0.461 e. The maximum atomic E-state index is 14.2. The van der Waals surface area contributed by atoms with E-state index in [9.17, 15) is 28.3 Å². The number of nitrogens with zero attached hydrogens (tertiary/aromatic N) is 2. The summed E-state index contributed by atoms with van der Waals surface area (Å²) in [4.78, 5) is 39.0. The van der Waals surface area contributed by atoms with Gasteiger partial charge in [0.15, 0.2) is 0 Å². The predicted octanol–water partition coefficient (Wildman–Crippen LogP) is 1.98. The monoisotopic (exact) mass is 426 g/mol. The standard InChI is InChI=1S/C21H28F2N2O5/c1-3-30-20(29)21(22,23)19(28)16-10-7-13-25(16)18(27)12-11-17(26)24(2)14-15-8-5-4-6-9-15/h4-6,8-9,16,19,28H,3,7,10-14H2,1-2H3/t16-,19-/m0/s1. The molecule has 0 radical (unpaired) electrons. The third-order valence-corrected chi connectivity index (χ3v) is 5.14. The van der Waals surface area contributed by atoms with E-state index in [1.54, 1.807) is 7.05 Å². The lowest BCUT2D eigenvalue weighted by Gasteiger charge is -2.32. The molecule has 2 amide bonds. The van der Waals surface area contributed by atoms with Gasteiger partial charge in [-0.1, -0.05) is 30.3 Å². The van der Waals surface area contributed by atoms with Crippen LogP contribution in [-0.2, 0) is 25.7 Å². The molecule has 2 rings (SSSR count). The Morgan fingerprint density at radius 1 is 1.27 bits per heavy atom. The third-order valence-electron chi connectivity index (χ3n) is 5.14. The van der Waals surface area contributed by atoms with Crippen molar-refractivity contribution >= 4 is 17.8 Å². The van der Waals surface area contributed by atoms with Crippen molar-refractivity contribution in [3.05, 3.63) is 35.9 Å². The summed E-state index contributed by atoms with van der Waals surface area (Å²) in [6, 6.07) is 8.17. The van der Waals surface area contributed by atoms with Crippen LogP contribution in [0.1, 0.15) is 38.2 Å². The van der Waals surface area contributed by atoms with Crippen molar-refractivity contribution in [2.24, 2.45) is 0 Å². The molecule has 7 nitrogen and oxygen atoms in total. The summed E-state index contributed by atoms with van der Waals surface area (Å²) in [6.07, 6.45) is -2.03. The van der Waals surface area contributed by atoms with E-state index in [1.807, 2.05) is 30.3 Å². The number of benzene rings is 1. The Hall–Kier alpha value is -2.55. The predicted molar refractivity (Wildman–Crippen MR) is 104 cm³/mol. The molecule has 0 aliphatic carbocycles. The zero-order valence-corrected chi connectivity index (χ0v) is 17.2. The normalized spacial score (nSPS) is 17.5. The first-order valence-corrected chi connectivity index (χ1v) is 9.99. The van der Waals surface area contributed by atoms with Crippen molar-refractivity contribution in [1.29, 1.82) is 0 Å². The molecular formula is C21H28F2N2O5. The van der Waals surface area contributed by atoms with Gasteiger partial charge in [0.05, 0.1) is 12.6 Å². The average Bonchev–Trinajstić information content (AvgIpc) is 3.21. The fourth-order valence-electron chi connectivity index (χ4n) is 3.51. The summed E-state index contributed by atoms with van der Waals surface area (Å²) in [7, 11) is 1.63. The van der Waals surface area contributed by atoms with E-state index in [0.29, 0.717) is 13.0 Å². The first-order chi connectivity index (χ1) is 14.2. The number of aliphatic hydroxyl groups excluding tert-OH is 1. The zero-order valence-electron chi connectivity index (χ0n) is 17.2. The second-order valence-corrected chi connectivity index (χ2v) is 7.32. The van der Waals surface area contributed by atoms with Crippen molar-refractivity contribution in [2.75, 3.05) is 20.2 Å². The minimum absolute atomic E-state index is 0.0737. The number of aliphatic hydroxyl groups is 1. The van der Waals surface area contributed by atoms with Gasteiger partial charge < -0.3 is 19.6 Å². The fraction of sp³-hybridized carbons (Fsp3) is 0.571. The van der Waals surface area contributed by atoms with Crippen molar-refractivity contribution in [2.45, 2.75) is 57.2 Å². The smallest absolute Gasteiger partial charge is 0.379 e. The number of halogens is 2. The number of amides is 2. The van der Waals surface area contributed by atoms with E-state index in [0.717, 1.165) is 10.5 Å². The van der Waals surface area contributed by atoms with Crippen molar-refractivity contribution in [1.82, 2.24) is 9.80 Å². The lowest BCUT2D eigenvalue weighted by Crippen LogP contribution is -2.54. The van der Waals surface area contributed by atoms with Gasteiger partial charge in [0.25, 0.3) is 0 Å². The highest BCUT2D eigenvalue weighted by molar-refractivity contribution is 5.84. The Bertz CT molecular complexity index is 744. The maximum Gasteiger partial charge on any atom is 0.379 e. The van der Waals surface area contributed by atoms with Crippen molar-refractivity contribution < 1.29 is 33.0 Å². The second-order valence-electron chi connectivity index (χ2n) is 7.32. The molecule has 1 fully saturated rings. The summed E-state index contributed by atoms with van der Waals surface area (Å²) in [6.45, 7) is 1.73. The Labute approximate surface area is 174 Å². The zero-order chi connectivity index (χ0) is 22.3. The molecule has 9 heteroatoms. The minimum Gasteiger partial charge on any atom is -0.461 e. The number of ether oxygens (including phenoxy) is 1. The second kappa shape index (κ2) is 10.5. The van der Waals surface area contributed by atoms with E-state index < -0.39 is 29.9 Å². The fourth-order valence-corrected chi connectivity index (χ4v) is 3.51. The van der Waals surface area contributed by atoms with Crippen LogP contribution < -0.4 is 0 Å². The first-order valence-electron chi connectivity index (χ1n) is 9.99. The third kappa shape index (κ3) is 5.75. The quantitative estimate of drug-likeness (QED) is 0.610. The highest BCUT2D eigenvalue weighted by atomic mass is 19.3. The molecule has 0 unspecified atom stereocenters. The number of alkyl halides is 2. The molecule has 0 saturated carbocycles. The van der Waals surface area contributed by atoms with Crippen LogP contribution in [-0.4, -0.2) is 71.0 Å². The van der Waals surface area contributed by atoms with Crippen LogP contribution in [0, 0.1) is 0 Å². The van der Waals surface area contributed by atoms with Gasteiger partial charge in [-0.3, -0.25) is 9.59 Å². The van der Waals surface area contributed by atoms with Gasteiger partial charge in [-0.25, -0.2) is 4.79 Å². The molecule has 1 aromatic rings. The summed E-state index contributed by atoms with van der Waals surface area (Å²) < 4.78 is 32.7. The number of hydrogen-bond acceptors (Lipinski definition) is 5. The SMILES string of the molecule is CCOC(=O)C(F)(F)[C@@H](O)[C@@H]1CCCN1C(=O)CCC(=O)N(C)Cc1ccccc1. The van der Waals surface area contributed by atoms with Gasteiger partial charge in [-0.2, -0.15) is 8.78 Å². The molecule has 1 aromatic carbocycles. The number of carbonyl (C=O) groups is 3. The molecule has 0 spiro atoms. The number of hydrogen-bond donors (Lipinski definition) is 1. The Balaban J connectivity index is 1.92. The van der Waals surface area contributed by atoms with Crippen LogP contribution >= 0.6 is 0 Å². The van der Waals surface area contributed by atoms with Crippen LogP contribution in [0.15, 0.2) is 30.3 Å². The molecule has 1 aliphatic rings. The highest BCUT2D eigenvalue weighted by Crippen LogP contribution is 2.31. The van der Waals surface area contributed by atoms with Gasteiger partial charge in [0.1, 0.15) is 6.10 Å². The molecule has 1 saturated heterocycles. The molecule has 166 valence electrons. The Morgan fingerprint density at radius 2 is 1.93 bits per heavy atom. The molecule has 1 N–H and O–H groups in total. The lowest BCUT2D eigenvalue weighted by atomic mass is 10.0. The lowest BCUT2D eigenvalue weighted by molar-refractivity contribution is -0.194. The first kappa shape index (κ1) is 23.7. The van der Waals surface area contributed by atoms with Gasteiger partial charge in [0.2, 0.25) is 11.8 Å². The topological polar surface area (TPSA) is 87.1 Å². The number of likely N-dealkylation sites (tertiary alicyclic amines) is 1. The van der Waals surface area contributed by atoms with Gasteiger partial charge >= 0.3 is 11.9 Å². The molecular weight excluding hydrogens is 398 g/mol. The summed E-state index contributed by atoms with van der Waals surface area (Å²) in [5, 5.41) is 10.1. The van der Waals surface area contributed by atoms with Crippen molar-refractivity contribution in [3.8, 4) is 0 Å². The van der Waals surface area contributed by atoms with Crippen LogP contribution in [0.4, 0.5) is 8.78 Å². The summed E-state index contributed by atoms with van der Waals surface area (Å²) in [5.74, 6) is -6.68. The molecule has 0 aromatic heterocycles. The average molecular weight is 426 g/mol. The van der Waals surface area contributed by atoms with E-state index >= 15 is 0 Å². The van der Waals surface area contributed by atoms with Crippen LogP contribution in [0.2, 0.25) is 0 Å². The molecule has 30 heavy (non-hydrogen) atoms. The molecule has 2 atom stereocenters. The van der Waals surface area contributed by atoms with E-state index in [1.165, 1.54) is 11.8 Å². The number of rotatable bonds is 9. The number of esters is 1. The van der Waals surface area contributed by atoms with E-state index in [-0.39, 0.29) is 38.3 Å². The van der Waals surface area contributed by atoms with Gasteiger partial charge in [0, 0.05) is 33.0 Å². The van der Waals surface area contributed by atoms with Crippen LogP contribution in [0.3, 0.4) is 0 Å². The van der Waals surface area contributed by atoms with Crippen LogP contribution in [0.25, 0.3) is 0 Å². The molecule has 0 bridgehead atoms. The van der Waals surface area contributed by atoms with Crippen LogP contribution in [0.5, 0.6) is 0 Å².